The van der Waals surface area contributed by atoms with Crippen LogP contribution < -0.4 is 0 Å². The summed E-state index contributed by atoms with van der Waals surface area (Å²) in [5.41, 5.74) is 0. The molecule has 99 valence electrons. The van der Waals surface area contributed by atoms with E-state index < -0.39 is 0 Å². The van der Waals surface area contributed by atoms with Crippen molar-refractivity contribution in [3.8, 4) is 5.92 Å². The minimum Gasteiger partial charge on any atom is -0.693 e. The third kappa shape index (κ3) is 77.8. The first kappa shape index (κ1) is 37.1. The van der Waals surface area contributed by atoms with Crippen LogP contribution in [0.5, 0.6) is 0 Å². The van der Waals surface area contributed by atoms with E-state index in [1.54, 1.807) is 6.08 Å². The molecule has 0 fully saturated rings. The summed E-state index contributed by atoms with van der Waals surface area (Å²) in [6, 6.07) is 0. The maximum Gasteiger partial charge on any atom is 0 e. The van der Waals surface area contributed by atoms with Crippen LogP contribution in [0.15, 0.2) is 6.08 Å². The fraction of sp³-hybridized carbons (Fsp3) is 0.667. The van der Waals surface area contributed by atoms with Crippen LogP contribution in [-0.2, 0) is 98.1 Å². The number of hydrogen-bond acceptors (Lipinski definition) is 0. The largest absolute Gasteiger partial charge is 0.693 e. The smallest absolute Gasteiger partial charge is 0 e. The van der Waals surface area contributed by atoms with Crippen LogP contribution in [-0.4, -0.2) is 0 Å². The third-order valence-electron chi connectivity index (χ3n) is 1.25. The molecule has 0 N–H and O–H groups in total. The minimum atomic E-state index is 0. The fourth-order valence-corrected chi connectivity index (χ4v) is 0. The van der Waals surface area contributed by atoms with Gasteiger partial charge in [0.05, 0.1) is 0 Å². The van der Waals surface area contributed by atoms with Gasteiger partial charge in [-0.15, -0.1) is 0 Å². The molecular weight excluding hydrogens is 447 g/mol. The van der Waals surface area contributed by atoms with Gasteiger partial charge in [0.2, 0.25) is 0 Å². The molecule has 0 aliphatic heterocycles. The average Bonchev–Trinajstić information content (AvgIpc) is 2.19. The normalized spacial score (nSPS) is 7.17. The van der Waals surface area contributed by atoms with Crippen molar-refractivity contribution in [2.45, 2.75) is 48.0 Å². The van der Waals surface area contributed by atoms with E-state index in [0.717, 1.165) is 12.3 Å². The molecule has 0 saturated carbocycles. The SMILES string of the molecule is [C-]#CC(C)C.[CH-]=CC(C)C.[CH2-]CC(C)C.[Y].[Y].[Y]. The molecule has 0 heterocycles. The van der Waals surface area contributed by atoms with Crippen LogP contribution >= 0.6 is 0 Å². The summed E-state index contributed by atoms with van der Waals surface area (Å²) in [6.07, 6.45) is 9.13. The van der Waals surface area contributed by atoms with Crippen LogP contribution in [0, 0.1) is 43.6 Å². The number of allylic oxidation sites excluding steroid dienone is 1. The van der Waals surface area contributed by atoms with Gasteiger partial charge in [0.15, 0.2) is 0 Å². The Hall–Kier alpha value is 2.61. The zero-order valence-electron chi connectivity index (χ0n) is 13.0. The predicted molar refractivity (Wildman–Crippen MR) is 70.5 cm³/mol. The average molecular weight is 474 g/mol. The van der Waals surface area contributed by atoms with Gasteiger partial charge in [0, 0.05) is 98.1 Å². The van der Waals surface area contributed by atoms with Gasteiger partial charge in [-0.25, -0.2) is 0 Å². The first-order chi connectivity index (χ1) is 6.81. The maximum atomic E-state index is 6.41. The van der Waals surface area contributed by atoms with Gasteiger partial charge in [0.25, 0.3) is 0 Å². The van der Waals surface area contributed by atoms with Gasteiger partial charge in [-0.1, -0.05) is 53.4 Å². The van der Waals surface area contributed by atoms with Crippen molar-refractivity contribution in [1.82, 2.24) is 0 Å². The second kappa shape index (κ2) is 31.8. The molecule has 3 heteroatoms. The molecular formula is C15H27Y3-3. The van der Waals surface area contributed by atoms with Crippen LogP contribution in [0.1, 0.15) is 48.0 Å². The van der Waals surface area contributed by atoms with Crippen molar-refractivity contribution in [2.75, 3.05) is 0 Å². The molecule has 0 rings (SSSR count). The first-order valence-electron chi connectivity index (χ1n) is 5.58. The van der Waals surface area contributed by atoms with Gasteiger partial charge in [-0.3, -0.25) is 6.08 Å². The van der Waals surface area contributed by atoms with Crippen LogP contribution in [0.3, 0.4) is 0 Å². The van der Waals surface area contributed by atoms with Crippen molar-refractivity contribution in [3.63, 3.8) is 0 Å². The quantitative estimate of drug-likeness (QED) is 0.402. The maximum absolute atomic E-state index is 6.41. The molecule has 0 unspecified atom stereocenters. The predicted octanol–water partition coefficient (Wildman–Crippen LogP) is 4.72. The van der Waals surface area contributed by atoms with Crippen LogP contribution in [0.2, 0.25) is 0 Å². The van der Waals surface area contributed by atoms with Crippen LogP contribution in [0.25, 0.3) is 0 Å². The third-order valence-corrected chi connectivity index (χ3v) is 1.25. The Morgan fingerprint density at radius 3 is 1.22 bits per heavy atom. The molecule has 0 nitrogen and oxygen atoms in total. The monoisotopic (exact) mass is 474 g/mol. The van der Waals surface area contributed by atoms with Gasteiger partial charge < -0.3 is 25.8 Å². The number of rotatable bonds is 2. The van der Waals surface area contributed by atoms with E-state index in [1.165, 1.54) is 0 Å². The van der Waals surface area contributed by atoms with Crippen molar-refractivity contribution < 1.29 is 98.1 Å². The fourth-order valence-electron chi connectivity index (χ4n) is 0. The topological polar surface area (TPSA) is 0 Å². The summed E-state index contributed by atoms with van der Waals surface area (Å²) in [5.74, 6) is 3.89. The van der Waals surface area contributed by atoms with Crippen molar-refractivity contribution >= 4 is 0 Å². The van der Waals surface area contributed by atoms with E-state index in [9.17, 15) is 0 Å². The van der Waals surface area contributed by atoms with Crippen molar-refractivity contribution in [3.05, 3.63) is 26.0 Å². The molecule has 0 aromatic carbocycles. The van der Waals surface area contributed by atoms with E-state index >= 15 is 0 Å². The Morgan fingerprint density at radius 2 is 1.22 bits per heavy atom. The molecule has 0 bridgehead atoms. The second-order valence-corrected chi connectivity index (χ2v) is 4.42. The molecule has 0 spiro atoms. The molecule has 0 aromatic heterocycles. The van der Waals surface area contributed by atoms with Gasteiger partial charge in [0.1, 0.15) is 0 Å². The zero-order valence-corrected chi connectivity index (χ0v) is 21.5. The Labute approximate surface area is 192 Å². The summed E-state index contributed by atoms with van der Waals surface area (Å²) in [7, 11) is 0. The Bertz CT molecular complexity index is 156. The van der Waals surface area contributed by atoms with Gasteiger partial charge >= 0.3 is 0 Å². The molecule has 0 aliphatic rings. The second-order valence-electron chi connectivity index (χ2n) is 4.42. The Balaban J connectivity index is -0.0000000277. The summed E-state index contributed by atoms with van der Waals surface area (Å²) >= 11 is 0. The molecule has 0 aromatic rings. The van der Waals surface area contributed by atoms with Crippen molar-refractivity contribution in [2.24, 2.45) is 17.8 Å². The molecule has 0 saturated heterocycles. The van der Waals surface area contributed by atoms with E-state index in [1.807, 2.05) is 27.7 Å². The summed E-state index contributed by atoms with van der Waals surface area (Å²) < 4.78 is 0. The molecule has 0 atom stereocenters. The molecule has 0 amide bonds. The van der Waals surface area contributed by atoms with Gasteiger partial charge in [-0.05, 0) is 5.92 Å². The number of hydrogen-bond donors (Lipinski definition) is 0. The van der Waals surface area contributed by atoms with E-state index in [0.29, 0.717) is 11.8 Å². The molecule has 0 aliphatic carbocycles. The standard InChI is InChI=1S/C5H11.C5H9.C5H7.3Y/c3*1-4-5(2)3;;;/h5H,1,4H2,2-3H3;1,4-5H,2-3H3;5H,2-3H3;;;/q3*-1;;;. The minimum absolute atomic E-state index is 0. The zero-order chi connectivity index (χ0) is 12.9. The van der Waals surface area contributed by atoms with Crippen LogP contribution in [0.4, 0.5) is 0 Å². The van der Waals surface area contributed by atoms with E-state index in [-0.39, 0.29) is 98.1 Å². The Kier molecular flexibility index (Phi) is 65.6. The molecule has 18 heavy (non-hydrogen) atoms. The van der Waals surface area contributed by atoms with E-state index in [4.69, 9.17) is 13.0 Å². The molecule has 3 radical (unpaired) electrons. The van der Waals surface area contributed by atoms with Crippen molar-refractivity contribution in [1.29, 1.82) is 0 Å². The summed E-state index contributed by atoms with van der Waals surface area (Å²) in [6.45, 7) is 21.0. The summed E-state index contributed by atoms with van der Waals surface area (Å²) in [5, 5.41) is 0. The summed E-state index contributed by atoms with van der Waals surface area (Å²) in [4.78, 5) is 0. The van der Waals surface area contributed by atoms with Gasteiger partial charge in [-0.2, -0.15) is 6.42 Å². The Morgan fingerprint density at radius 1 is 1.06 bits per heavy atom. The van der Waals surface area contributed by atoms with E-state index in [2.05, 4.69) is 26.7 Å². The first-order valence-corrected chi connectivity index (χ1v) is 5.58.